The number of fused-ring (bicyclic) bond motifs is 1. The van der Waals surface area contributed by atoms with E-state index in [0.717, 1.165) is 31.6 Å². The number of benzene rings is 2. The fourth-order valence-corrected chi connectivity index (χ4v) is 3.97. The molecular formula is C23H24N2O. The van der Waals surface area contributed by atoms with Crippen molar-refractivity contribution in [3.8, 4) is 0 Å². The Kier molecular flexibility index (Phi) is 4.37. The molecule has 1 unspecified atom stereocenters. The van der Waals surface area contributed by atoms with E-state index in [4.69, 9.17) is 0 Å². The first-order valence-corrected chi connectivity index (χ1v) is 9.22. The Bertz CT molecular complexity index is 952. The van der Waals surface area contributed by atoms with Crippen LogP contribution in [0.25, 0.3) is 10.9 Å². The van der Waals surface area contributed by atoms with E-state index in [1.165, 1.54) is 22.0 Å². The molecule has 3 nitrogen and oxygen atoms in total. The lowest BCUT2D eigenvalue weighted by atomic mass is 9.98. The van der Waals surface area contributed by atoms with Crippen LogP contribution in [0.3, 0.4) is 0 Å². The molecule has 0 saturated carbocycles. The summed E-state index contributed by atoms with van der Waals surface area (Å²) in [5, 5.41) is 1.30. The number of allylic oxidation sites excluding steroid dienone is 1. The lowest BCUT2D eigenvalue weighted by Gasteiger charge is -2.16. The van der Waals surface area contributed by atoms with Crippen LogP contribution in [0.2, 0.25) is 0 Å². The standard InChI is InChI=1S/C23H24N2O/c1-3-13-24-16-21(20-6-4-5-7-22(20)24)19-12-14-25(15-19)23(26)18-10-8-17(2)9-11-18/h3-11,16,19H,1,12-15H2,2H3. The molecule has 2 aromatic carbocycles. The molecule has 3 heteroatoms. The highest BCUT2D eigenvalue weighted by Crippen LogP contribution is 2.34. The lowest BCUT2D eigenvalue weighted by molar-refractivity contribution is 0.0791. The molecular weight excluding hydrogens is 320 g/mol. The van der Waals surface area contributed by atoms with Crippen molar-refractivity contribution >= 4 is 16.8 Å². The first-order chi connectivity index (χ1) is 12.7. The summed E-state index contributed by atoms with van der Waals surface area (Å²) in [4.78, 5) is 14.8. The number of aromatic nitrogens is 1. The van der Waals surface area contributed by atoms with Crippen LogP contribution in [0, 0.1) is 6.92 Å². The molecule has 1 fully saturated rings. The predicted octanol–water partition coefficient (Wildman–Crippen LogP) is 4.77. The van der Waals surface area contributed by atoms with Gasteiger partial charge in [-0.3, -0.25) is 4.79 Å². The summed E-state index contributed by atoms with van der Waals surface area (Å²) < 4.78 is 2.25. The van der Waals surface area contributed by atoms with Crippen molar-refractivity contribution in [1.29, 1.82) is 0 Å². The molecule has 26 heavy (non-hydrogen) atoms. The third-order valence-electron chi connectivity index (χ3n) is 5.36. The molecule has 0 N–H and O–H groups in total. The van der Waals surface area contributed by atoms with E-state index in [1.54, 1.807) is 0 Å². The van der Waals surface area contributed by atoms with Gasteiger partial charge in [0.2, 0.25) is 0 Å². The summed E-state index contributed by atoms with van der Waals surface area (Å²) in [7, 11) is 0. The number of rotatable bonds is 4. The third kappa shape index (κ3) is 2.94. The van der Waals surface area contributed by atoms with Crippen molar-refractivity contribution in [1.82, 2.24) is 9.47 Å². The van der Waals surface area contributed by atoms with Gasteiger partial charge in [0.05, 0.1) is 0 Å². The van der Waals surface area contributed by atoms with E-state index in [9.17, 15) is 4.79 Å². The normalized spacial score (nSPS) is 17.0. The second-order valence-corrected chi connectivity index (χ2v) is 7.15. The molecule has 2 heterocycles. The van der Waals surface area contributed by atoms with Crippen LogP contribution < -0.4 is 0 Å². The summed E-state index contributed by atoms with van der Waals surface area (Å²) in [5.41, 5.74) is 4.55. The van der Waals surface area contributed by atoms with Crippen LogP contribution in [-0.2, 0) is 6.54 Å². The van der Waals surface area contributed by atoms with Gasteiger partial charge in [0, 0.05) is 48.2 Å². The number of hydrogen-bond donors (Lipinski definition) is 0. The highest BCUT2D eigenvalue weighted by Gasteiger charge is 2.29. The second-order valence-electron chi connectivity index (χ2n) is 7.15. The minimum Gasteiger partial charge on any atom is -0.343 e. The summed E-state index contributed by atoms with van der Waals surface area (Å²) >= 11 is 0. The molecule has 1 aliphatic rings. The van der Waals surface area contributed by atoms with E-state index >= 15 is 0 Å². The first kappa shape index (κ1) is 16.6. The average Bonchev–Trinajstić information content (AvgIpc) is 3.28. The number of carbonyl (C=O) groups is 1. The van der Waals surface area contributed by atoms with Crippen molar-refractivity contribution in [2.24, 2.45) is 0 Å². The zero-order chi connectivity index (χ0) is 18.1. The number of aryl methyl sites for hydroxylation is 1. The number of amides is 1. The van der Waals surface area contributed by atoms with Crippen LogP contribution in [0.4, 0.5) is 0 Å². The van der Waals surface area contributed by atoms with E-state index in [0.29, 0.717) is 5.92 Å². The van der Waals surface area contributed by atoms with Gasteiger partial charge in [-0.15, -0.1) is 6.58 Å². The monoisotopic (exact) mass is 344 g/mol. The van der Waals surface area contributed by atoms with Gasteiger partial charge in [-0.05, 0) is 37.1 Å². The van der Waals surface area contributed by atoms with Gasteiger partial charge in [-0.2, -0.15) is 0 Å². The molecule has 0 spiro atoms. The largest absolute Gasteiger partial charge is 0.343 e. The summed E-state index contributed by atoms with van der Waals surface area (Å²) in [6.45, 7) is 8.32. The Balaban J connectivity index is 1.59. The predicted molar refractivity (Wildman–Crippen MR) is 107 cm³/mol. The topological polar surface area (TPSA) is 25.2 Å². The fourth-order valence-electron chi connectivity index (χ4n) is 3.97. The highest BCUT2D eigenvalue weighted by molar-refractivity contribution is 5.94. The van der Waals surface area contributed by atoms with Gasteiger partial charge in [-0.1, -0.05) is 42.0 Å². The lowest BCUT2D eigenvalue weighted by Crippen LogP contribution is -2.28. The Labute approximate surface area is 154 Å². The zero-order valence-corrected chi connectivity index (χ0v) is 15.2. The van der Waals surface area contributed by atoms with Crippen LogP contribution >= 0.6 is 0 Å². The van der Waals surface area contributed by atoms with Gasteiger partial charge < -0.3 is 9.47 Å². The second kappa shape index (κ2) is 6.83. The summed E-state index contributed by atoms with van der Waals surface area (Å²) in [6.07, 6.45) is 5.19. The molecule has 3 aromatic rings. The number of likely N-dealkylation sites (tertiary alicyclic amines) is 1. The first-order valence-electron chi connectivity index (χ1n) is 9.22. The number of carbonyl (C=O) groups excluding carboxylic acids is 1. The van der Waals surface area contributed by atoms with E-state index in [1.807, 2.05) is 42.2 Å². The van der Waals surface area contributed by atoms with Gasteiger partial charge in [0.1, 0.15) is 0 Å². The summed E-state index contributed by atoms with van der Waals surface area (Å²) in [5.74, 6) is 0.530. The Morgan fingerprint density at radius 1 is 1.19 bits per heavy atom. The Morgan fingerprint density at radius 2 is 1.96 bits per heavy atom. The van der Waals surface area contributed by atoms with E-state index < -0.39 is 0 Å². The van der Waals surface area contributed by atoms with Crippen molar-refractivity contribution in [2.75, 3.05) is 13.1 Å². The van der Waals surface area contributed by atoms with E-state index in [-0.39, 0.29) is 5.91 Å². The molecule has 0 radical (unpaired) electrons. The van der Waals surface area contributed by atoms with Crippen molar-refractivity contribution in [3.05, 3.63) is 84.1 Å². The van der Waals surface area contributed by atoms with Crippen molar-refractivity contribution < 1.29 is 4.79 Å². The van der Waals surface area contributed by atoms with E-state index in [2.05, 4.69) is 41.6 Å². The average molecular weight is 344 g/mol. The van der Waals surface area contributed by atoms with Crippen LogP contribution in [0.15, 0.2) is 67.4 Å². The third-order valence-corrected chi connectivity index (χ3v) is 5.36. The fraction of sp³-hybridized carbons (Fsp3) is 0.261. The quantitative estimate of drug-likeness (QED) is 0.626. The molecule has 1 amide bonds. The van der Waals surface area contributed by atoms with Crippen LogP contribution in [-0.4, -0.2) is 28.5 Å². The Morgan fingerprint density at radius 3 is 2.73 bits per heavy atom. The van der Waals surface area contributed by atoms with Crippen molar-refractivity contribution in [2.45, 2.75) is 25.8 Å². The maximum atomic E-state index is 12.8. The molecule has 4 rings (SSSR count). The molecule has 1 atom stereocenters. The molecule has 1 saturated heterocycles. The number of para-hydroxylation sites is 1. The number of nitrogens with zero attached hydrogens (tertiary/aromatic N) is 2. The molecule has 132 valence electrons. The molecule has 0 aliphatic carbocycles. The maximum Gasteiger partial charge on any atom is 0.253 e. The number of hydrogen-bond acceptors (Lipinski definition) is 1. The van der Waals surface area contributed by atoms with Gasteiger partial charge in [-0.25, -0.2) is 0 Å². The Hall–Kier alpha value is -2.81. The molecule has 0 bridgehead atoms. The van der Waals surface area contributed by atoms with Crippen molar-refractivity contribution in [3.63, 3.8) is 0 Å². The van der Waals surface area contributed by atoms with Gasteiger partial charge in [0.15, 0.2) is 0 Å². The summed E-state index contributed by atoms with van der Waals surface area (Å²) in [6, 6.07) is 16.4. The maximum absolute atomic E-state index is 12.8. The minimum absolute atomic E-state index is 0.141. The smallest absolute Gasteiger partial charge is 0.253 e. The van der Waals surface area contributed by atoms with Crippen LogP contribution in [0.1, 0.15) is 33.8 Å². The highest BCUT2D eigenvalue weighted by atomic mass is 16.2. The van der Waals surface area contributed by atoms with Gasteiger partial charge >= 0.3 is 0 Å². The molecule has 1 aromatic heterocycles. The minimum atomic E-state index is 0.141. The van der Waals surface area contributed by atoms with Gasteiger partial charge in [0.25, 0.3) is 5.91 Å². The zero-order valence-electron chi connectivity index (χ0n) is 15.2. The van der Waals surface area contributed by atoms with Crippen LogP contribution in [0.5, 0.6) is 0 Å². The molecule has 1 aliphatic heterocycles. The SMILES string of the molecule is C=CCn1cc(C2CCN(C(=O)c3ccc(C)cc3)C2)c2ccccc21.